The van der Waals surface area contributed by atoms with Crippen molar-refractivity contribution in [2.75, 3.05) is 27.7 Å². The van der Waals surface area contributed by atoms with Gasteiger partial charge < -0.3 is 10.6 Å². The number of nitrogens with one attached hydrogen (secondary N) is 2. The molecule has 1 heterocycles. The van der Waals surface area contributed by atoms with Crippen LogP contribution >= 0.6 is 0 Å². The number of sulfonamides is 1. The van der Waals surface area contributed by atoms with Crippen LogP contribution < -0.4 is 10.6 Å². The number of hydrogen-bond acceptors (Lipinski definition) is 4. The quantitative estimate of drug-likeness (QED) is 0.413. The normalized spacial score (nSPS) is 12.2. The van der Waals surface area contributed by atoms with E-state index >= 15 is 0 Å². The molecule has 0 aliphatic heterocycles. The molecule has 3 aromatic rings. The van der Waals surface area contributed by atoms with Crippen molar-refractivity contribution in [3.05, 3.63) is 78.1 Å². The summed E-state index contributed by atoms with van der Waals surface area (Å²) >= 11 is 0. The topological polar surface area (TPSA) is 91.6 Å². The molecule has 0 unspecified atom stereocenters. The van der Waals surface area contributed by atoms with Crippen LogP contribution in [0, 0.1) is 0 Å². The maximum atomic E-state index is 12.1. The lowest BCUT2D eigenvalue weighted by Gasteiger charge is -2.13. The lowest BCUT2D eigenvalue weighted by atomic mass is 10.1. The first-order valence-corrected chi connectivity index (χ1v) is 11.4. The molecule has 31 heavy (non-hydrogen) atoms. The number of benzene rings is 2. The Morgan fingerprint density at radius 2 is 1.71 bits per heavy atom. The Morgan fingerprint density at radius 3 is 2.29 bits per heavy atom. The average molecular weight is 441 g/mol. The summed E-state index contributed by atoms with van der Waals surface area (Å²) in [5.74, 6) is 0.693. The Balaban J connectivity index is 1.47. The molecule has 2 N–H and O–H groups in total. The fourth-order valence-corrected chi connectivity index (χ4v) is 3.86. The summed E-state index contributed by atoms with van der Waals surface area (Å²) in [7, 11) is 1.36. The molecule has 0 fully saturated rings. The van der Waals surface area contributed by atoms with Crippen molar-refractivity contribution in [1.82, 2.24) is 24.7 Å². The van der Waals surface area contributed by atoms with Gasteiger partial charge in [-0.3, -0.25) is 4.99 Å². The summed E-state index contributed by atoms with van der Waals surface area (Å²) in [6.45, 7) is 1.28. The molecule has 0 radical (unpaired) electrons. The van der Waals surface area contributed by atoms with E-state index in [-0.39, 0.29) is 4.90 Å². The number of guanidine groups is 1. The van der Waals surface area contributed by atoms with Crippen LogP contribution in [0.1, 0.15) is 11.1 Å². The molecule has 9 heteroatoms. The van der Waals surface area contributed by atoms with Crippen LogP contribution in [0.25, 0.3) is 5.69 Å². The molecular formula is C22H28N6O2S. The van der Waals surface area contributed by atoms with Gasteiger partial charge in [0, 0.05) is 46.6 Å². The van der Waals surface area contributed by atoms with Gasteiger partial charge in [-0.15, -0.1) is 0 Å². The van der Waals surface area contributed by atoms with Gasteiger partial charge in [0.2, 0.25) is 10.0 Å². The van der Waals surface area contributed by atoms with Crippen LogP contribution in [0.3, 0.4) is 0 Å². The fourth-order valence-electron chi connectivity index (χ4n) is 2.96. The molecule has 0 saturated carbocycles. The minimum atomic E-state index is -3.41. The predicted molar refractivity (Wildman–Crippen MR) is 123 cm³/mol. The molecule has 0 aliphatic carbocycles. The van der Waals surface area contributed by atoms with Crippen LogP contribution in [0.15, 0.2) is 76.9 Å². The zero-order chi connectivity index (χ0) is 22.3. The Hall–Kier alpha value is -3.17. The number of hydrogen-bond donors (Lipinski definition) is 2. The highest BCUT2D eigenvalue weighted by atomic mass is 32.2. The molecule has 0 saturated heterocycles. The SMILES string of the molecule is CN=C(NCCc1ccc(-n2cccn2)cc1)NCc1ccc(S(=O)(=O)N(C)C)cc1. The van der Waals surface area contributed by atoms with E-state index in [0.717, 1.165) is 24.2 Å². The van der Waals surface area contributed by atoms with Crippen LogP contribution in [0.2, 0.25) is 0 Å². The van der Waals surface area contributed by atoms with E-state index in [0.29, 0.717) is 12.5 Å². The number of rotatable bonds is 8. The first-order chi connectivity index (χ1) is 14.9. The van der Waals surface area contributed by atoms with Crippen molar-refractivity contribution in [1.29, 1.82) is 0 Å². The van der Waals surface area contributed by atoms with E-state index in [1.807, 2.05) is 16.9 Å². The second kappa shape index (κ2) is 10.2. The maximum absolute atomic E-state index is 12.1. The summed E-state index contributed by atoms with van der Waals surface area (Å²) in [4.78, 5) is 4.52. The first-order valence-electron chi connectivity index (χ1n) is 9.95. The number of aromatic nitrogens is 2. The van der Waals surface area contributed by atoms with Gasteiger partial charge >= 0.3 is 0 Å². The van der Waals surface area contributed by atoms with Gasteiger partial charge in [0.05, 0.1) is 10.6 Å². The Kier molecular flexibility index (Phi) is 7.43. The Morgan fingerprint density at radius 1 is 1.03 bits per heavy atom. The van der Waals surface area contributed by atoms with E-state index < -0.39 is 10.0 Å². The predicted octanol–water partition coefficient (Wildman–Crippen LogP) is 2.03. The highest BCUT2D eigenvalue weighted by molar-refractivity contribution is 7.89. The fraction of sp³-hybridized carbons (Fsp3) is 0.273. The summed E-state index contributed by atoms with van der Waals surface area (Å²) in [6.07, 6.45) is 4.54. The zero-order valence-electron chi connectivity index (χ0n) is 18.0. The molecule has 0 bridgehead atoms. The maximum Gasteiger partial charge on any atom is 0.242 e. The van der Waals surface area contributed by atoms with Crippen molar-refractivity contribution >= 4 is 16.0 Å². The zero-order valence-corrected chi connectivity index (χ0v) is 18.8. The van der Waals surface area contributed by atoms with Gasteiger partial charge in [-0.05, 0) is 47.9 Å². The Bertz CT molecular complexity index is 1090. The van der Waals surface area contributed by atoms with Crippen LogP contribution in [-0.4, -0.2) is 56.2 Å². The van der Waals surface area contributed by atoms with Crippen LogP contribution in [0.4, 0.5) is 0 Å². The lowest BCUT2D eigenvalue weighted by Crippen LogP contribution is -2.37. The Labute approximate surface area is 183 Å². The van der Waals surface area contributed by atoms with Crippen molar-refractivity contribution in [2.24, 2.45) is 4.99 Å². The minimum Gasteiger partial charge on any atom is -0.356 e. The smallest absolute Gasteiger partial charge is 0.242 e. The summed E-state index contributed by atoms with van der Waals surface area (Å²) in [5.41, 5.74) is 3.22. The van der Waals surface area contributed by atoms with Gasteiger partial charge in [-0.25, -0.2) is 17.4 Å². The van der Waals surface area contributed by atoms with Gasteiger partial charge in [-0.2, -0.15) is 5.10 Å². The molecule has 8 nitrogen and oxygen atoms in total. The molecule has 1 aromatic heterocycles. The molecule has 2 aromatic carbocycles. The minimum absolute atomic E-state index is 0.280. The molecular weight excluding hydrogens is 412 g/mol. The van der Waals surface area contributed by atoms with E-state index in [1.54, 1.807) is 37.5 Å². The van der Waals surface area contributed by atoms with E-state index in [4.69, 9.17) is 0 Å². The molecule has 0 aliphatic rings. The highest BCUT2D eigenvalue weighted by Gasteiger charge is 2.16. The summed E-state index contributed by atoms with van der Waals surface area (Å²) in [6, 6.07) is 17.0. The monoisotopic (exact) mass is 440 g/mol. The first kappa shape index (κ1) is 22.5. The lowest BCUT2D eigenvalue weighted by molar-refractivity contribution is 0.520. The van der Waals surface area contributed by atoms with Crippen molar-refractivity contribution in [3.63, 3.8) is 0 Å². The van der Waals surface area contributed by atoms with Gasteiger partial charge in [0.15, 0.2) is 5.96 Å². The van der Waals surface area contributed by atoms with Crippen molar-refractivity contribution in [3.8, 4) is 5.69 Å². The molecule has 0 amide bonds. The van der Waals surface area contributed by atoms with Gasteiger partial charge in [-0.1, -0.05) is 24.3 Å². The van der Waals surface area contributed by atoms with Crippen LogP contribution in [-0.2, 0) is 23.0 Å². The molecule has 0 spiro atoms. The van der Waals surface area contributed by atoms with Crippen molar-refractivity contribution in [2.45, 2.75) is 17.9 Å². The average Bonchev–Trinajstić information content (AvgIpc) is 3.31. The second-order valence-electron chi connectivity index (χ2n) is 7.15. The number of aliphatic imine (C=N–C) groups is 1. The molecule has 0 atom stereocenters. The summed E-state index contributed by atoms with van der Waals surface area (Å²) in [5, 5.41) is 10.8. The largest absolute Gasteiger partial charge is 0.356 e. The van der Waals surface area contributed by atoms with E-state index in [9.17, 15) is 8.42 Å². The third kappa shape index (κ3) is 5.93. The van der Waals surface area contributed by atoms with E-state index in [2.05, 4.69) is 45.0 Å². The van der Waals surface area contributed by atoms with Gasteiger partial charge in [0.25, 0.3) is 0 Å². The molecule has 3 rings (SSSR count). The second-order valence-corrected chi connectivity index (χ2v) is 9.30. The van der Waals surface area contributed by atoms with Crippen LogP contribution in [0.5, 0.6) is 0 Å². The third-order valence-electron chi connectivity index (χ3n) is 4.80. The standard InChI is InChI=1S/C22H28N6O2S/c1-23-22(25-17-19-7-11-21(12-8-19)31(29,30)27(2)3)24-15-13-18-5-9-20(10-6-18)28-16-4-14-26-28/h4-12,14,16H,13,15,17H2,1-3H3,(H2,23,24,25). The summed E-state index contributed by atoms with van der Waals surface area (Å²) < 4.78 is 27.3. The van der Waals surface area contributed by atoms with E-state index in [1.165, 1.54) is 24.0 Å². The third-order valence-corrected chi connectivity index (χ3v) is 6.63. The highest BCUT2D eigenvalue weighted by Crippen LogP contribution is 2.14. The molecule has 164 valence electrons. The van der Waals surface area contributed by atoms with Gasteiger partial charge in [0.1, 0.15) is 0 Å². The number of nitrogens with zero attached hydrogens (tertiary/aromatic N) is 4. The van der Waals surface area contributed by atoms with Crippen molar-refractivity contribution < 1.29 is 8.42 Å².